The maximum Gasteiger partial charge on any atom is 0.251 e. The molecule has 0 bridgehead atoms. The van der Waals surface area contributed by atoms with Crippen LogP contribution >= 0.6 is 24.0 Å². The van der Waals surface area contributed by atoms with E-state index >= 15 is 0 Å². The molecule has 0 saturated heterocycles. The highest BCUT2D eigenvalue weighted by atomic mass is 127. The van der Waals surface area contributed by atoms with Crippen molar-refractivity contribution in [2.24, 2.45) is 4.99 Å². The molecule has 0 radical (unpaired) electrons. The van der Waals surface area contributed by atoms with E-state index in [1.807, 2.05) is 31.2 Å². The summed E-state index contributed by atoms with van der Waals surface area (Å²) in [4.78, 5) is 16.4. The highest BCUT2D eigenvalue weighted by molar-refractivity contribution is 14.0. The summed E-state index contributed by atoms with van der Waals surface area (Å²) >= 11 is 0. The molecular formula is C22H28FIN4O. The average molecular weight is 510 g/mol. The van der Waals surface area contributed by atoms with Gasteiger partial charge in [-0.3, -0.25) is 9.79 Å². The fourth-order valence-corrected chi connectivity index (χ4v) is 3.26. The fraction of sp³-hybridized carbons (Fsp3) is 0.364. The van der Waals surface area contributed by atoms with Crippen LogP contribution < -0.4 is 16.0 Å². The molecule has 5 nitrogen and oxygen atoms in total. The molecular weight excluding hydrogens is 482 g/mol. The van der Waals surface area contributed by atoms with Crippen LogP contribution in [0.15, 0.2) is 53.5 Å². The summed E-state index contributed by atoms with van der Waals surface area (Å²) in [5.41, 5.74) is 2.73. The van der Waals surface area contributed by atoms with Gasteiger partial charge in [0, 0.05) is 37.7 Å². The lowest BCUT2D eigenvalue weighted by atomic mass is 9.96. The zero-order chi connectivity index (χ0) is 20.0. The molecule has 0 aromatic heterocycles. The van der Waals surface area contributed by atoms with Gasteiger partial charge in [0.15, 0.2) is 5.96 Å². The molecule has 1 aliphatic rings. The van der Waals surface area contributed by atoms with Gasteiger partial charge in [0.25, 0.3) is 5.91 Å². The van der Waals surface area contributed by atoms with Crippen molar-refractivity contribution in [3.05, 3.63) is 71.0 Å². The van der Waals surface area contributed by atoms with Crippen LogP contribution in [0.3, 0.4) is 0 Å². The first-order valence-electron chi connectivity index (χ1n) is 9.58. The summed E-state index contributed by atoms with van der Waals surface area (Å²) in [6, 6.07) is 14.3. The first kappa shape index (κ1) is 23.1. The number of aryl methyl sites for hydroxylation is 1. The van der Waals surface area contributed by atoms with Crippen molar-refractivity contribution >= 4 is 35.8 Å². The zero-order valence-electron chi connectivity index (χ0n) is 16.8. The molecule has 0 spiro atoms. The number of nitrogens with zero attached hydrogens (tertiary/aromatic N) is 1. The Kier molecular flexibility index (Phi) is 8.43. The summed E-state index contributed by atoms with van der Waals surface area (Å²) in [6.45, 7) is 3.71. The van der Waals surface area contributed by atoms with E-state index in [2.05, 4.69) is 20.9 Å². The van der Waals surface area contributed by atoms with Crippen LogP contribution in [0.4, 0.5) is 4.39 Å². The summed E-state index contributed by atoms with van der Waals surface area (Å²) in [5, 5.41) is 9.42. The van der Waals surface area contributed by atoms with Crippen LogP contribution in [0.5, 0.6) is 0 Å². The van der Waals surface area contributed by atoms with E-state index in [1.165, 1.54) is 6.07 Å². The molecule has 1 aliphatic carbocycles. The molecule has 2 aromatic rings. The van der Waals surface area contributed by atoms with E-state index in [0.29, 0.717) is 31.2 Å². The van der Waals surface area contributed by atoms with Crippen LogP contribution in [-0.4, -0.2) is 38.5 Å². The van der Waals surface area contributed by atoms with Crippen molar-refractivity contribution in [2.75, 3.05) is 26.7 Å². The van der Waals surface area contributed by atoms with E-state index in [1.54, 1.807) is 25.2 Å². The molecule has 0 aliphatic heterocycles. The van der Waals surface area contributed by atoms with Gasteiger partial charge in [-0.1, -0.05) is 29.8 Å². The van der Waals surface area contributed by atoms with Gasteiger partial charge in [-0.25, -0.2) is 4.39 Å². The van der Waals surface area contributed by atoms with Gasteiger partial charge in [0.1, 0.15) is 5.82 Å². The Balaban J connectivity index is 0.00000300. The Morgan fingerprint density at radius 3 is 2.45 bits per heavy atom. The van der Waals surface area contributed by atoms with Crippen LogP contribution in [-0.2, 0) is 5.41 Å². The number of carbonyl (C=O) groups excluding carboxylic acids is 1. The Labute approximate surface area is 188 Å². The van der Waals surface area contributed by atoms with Crippen molar-refractivity contribution in [2.45, 2.75) is 25.2 Å². The largest absolute Gasteiger partial charge is 0.356 e. The molecule has 2 aromatic carbocycles. The van der Waals surface area contributed by atoms with E-state index in [0.717, 1.165) is 24.0 Å². The number of hydrogen-bond acceptors (Lipinski definition) is 2. The quantitative estimate of drug-likeness (QED) is 0.232. The third-order valence-corrected chi connectivity index (χ3v) is 5.09. The molecule has 3 rings (SSSR count). The molecule has 156 valence electrons. The second kappa shape index (κ2) is 10.6. The first-order chi connectivity index (χ1) is 13.5. The van der Waals surface area contributed by atoms with Gasteiger partial charge < -0.3 is 16.0 Å². The molecule has 0 atom stereocenters. The minimum Gasteiger partial charge on any atom is -0.356 e. The van der Waals surface area contributed by atoms with Gasteiger partial charge in [-0.15, -0.1) is 24.0 Å². The first-order valence-corrected chi connectivity index (χ1v) is 9.58. The number of hydrogen-bond donors (Lipinski definition) is 3. The van der Waals surface area contributed by atoms with E-state index in [4.69, 9.17) is 0 Å². The third kappa shape index (κ3) is 6.42. The summed E-state index contributed by atoms with van der Waals surface area (Å²) in [7, 11) is 1.71. The Morgan fingerprint density at radius 2 is 1.79 bits per heavy atom. The Morgan fingerprint density at radius 1 is 1.07 bits per heavy atom. The molecule has 29 heavy (non-hydrogen) atoms. The lowest BCUT2D eigenvalue weighted by molar-refractivity contribution is 0.0954. The number of guanidine groups is 1. The SMILES string of the molecule is CN=C(NCCNC(=O)c1cccc(C)c1)NCC1(c2cccc(F)c2)CC1.I. The van der Waals surface area contributed by atoms with Gasteiger partial charge in [0.2, 0.25) is 0 Å². The van der Waals surface area contributed by atoms with Crippen LogP contribution in [0.1, 0.15) is 34.3 Å². The zero-order valence-corrected chi connectivity index (χ0v) is 19.1. The maximum absolute atomic E-state index is 13.5. The molecule has 0 heterocycles. The minimum atomic E-state index is -0.198. The minimum absolute atomic E-state index is 0. The molecule has 3 N–H and O–H groups in total. The highest BCUT2D eigenvalue weighted by Gasteiger charge is 2.44. The lowest BCUT2D eigenvalue weighted by Crippen LogP contribution is -2.44. The van der Waals surface area contributed by atoms with Gasteiger partial charge >= 0.3 is 0 Å². The second-order valence-corrected chi connectivity index (χ2v) is 7.27. The number of amides is 1. The van der Waals surface area contributed by atoms with Crippen molar-refractivity contribution in [1.29, 1.82) is 0 Å². The van der Waals surface area contributed by atoms with E-state index < -0.39 is 0 Å². The second-order valence-electron chi connectivity index (χ2n) is 7.27. The third-order valence-electron chi connectivity index (χ3n) is 5.09. The van der Waals surface area contributed by atoms with Crippen molar-refractivity contribution in [3.8, 4) is 0 Å². The number of nitrogens with one attached hydrogen (secondary N) is 3. The number of benzene rings is 2. The van der Waals surface area contributed by atoms with Crippen molar-refractivity contribution in [1.82, 2.24) is 16.0 Å². The van der Waals surface area contributed by atoms with Gasteiger partial charge in [-0.05, 0) is 49.6 Å². The summed E-state index contributed by atoms with van der Waals surface area (Å²) in [5.74, 6) is 0.389. The maximum atomic E-state index is 13.5. The summed E-state index contributed by atoms with van der Waals surface area (Å²) in [6.07, 6.45) is 2.07. The Bertz CT molecular complexity index is 867. The molecule has 1 amide bonds. The van der Waals surface area contributed by atoms with Gasteiger partial charge in [0.05, 0.1) is 0 Å². The van der Waals surface area contributed by atoms with E-state index in [9.17, 15) is 9.18 Å². The van der Waals surface area contributed by atoms with E-state index in [-0.39, 0.29) is 41.1 Å². The standard InChI is InChI=1S/C22H27FN4O.HI/c1-16-5-3-6-17(13-16)20(28)25-11-12-26-21(24-2)27-15-22(9-10-22)18-7-4-8-19(23)14-18;/h3-8,13-14H,9-12,15H2,1-2H3,(H,25,28)(H2,24,26,27);1H. The lowest BCUT2D eigenvalue weighted by Gasteiger charge is -2.19. The van der Waals surface area contributed by atoms with Crippen molar-refractivity contribution < 1.29 is 9.18 Å². The predicted octanol–water partition coefficient (Wildman–Crippen LogP) is 3.38. The summed E-state index contributed by atoms with van der Waals surface area (Å²) < 4.78 is 13.5. The number of aliphatic imine (C=N–C) groups is 1. The number of rotatable bonds is 7. The molecule has 0 unspecified atom stereocenters. The van der Waals surface area contributed by atoms with Gasteiger partial charge in [-0.2, -0.15) is 0 Å². The normalized spacial score (nSPS) is 14.5. The smallest absolute Gasteiger partial charge is 0.251 e. The van der Waals surface area contributed by atoms with Crippen LogP contribution in [0, 0.1) is 12.7 Å². The van der Waals surface area contributed by atoms with Crippen molar-refractivity contribution in [3.63, 3.8) is 0 Å². The average Bonchev–Trinajstić information content (AvgIpc) is 3.48. The van der Waals surface area contributed by atoms with Crippen LogP contribution in [0.25, 0.3) is 0 Å². The number of carbonyl (C=O) groups is 1. The monoisotopic (exact) mass is 510 g/mol. The Hall–Kier alpha value is -2.16. The molecule has 1 fully saturated rings. The fourth-order valence-electron chi connectivity index (χ4n) is 3.26. The molecule has 1 saturated carbocycles. The van der Waals surface area contributed by atoms with Crippen LogP contribution in [0.2, 0.25) is 0 Å². The highest BCUT2D eigenvalue weighted by Crippen LogP contribution is 2.47. The topological polar surface area (TPSA) is 65.5 Å². The number of halogens is 2. The predicted molar refractivity (Wildman–Crippen MR) is 126 cm³/mol. The molecule has 7 heteroatoms.